The van der Waals surface area contributed by atoms with Crippen LogP contribution in [0.15, 0.2) is 48.8 Å². The standard InChI is InChI=1S/C19H17F3N4O3/c1-12-7-8-26-10-15(24-16(26)9-12)18(28)25(2)11-17(27)23-13-3-5-14(6-4-13)29-19(20,21)22/h3-10H,11H2,1-2H3,(H,23,27). The number of anilines is 1. The quantitative estimate of drug-likeness (QED) is 0.706. The Kier molecular flexibility index (Phi) is 5.44. The van der Waals surface area contributed by atoms with E-state index in [4.69, 9.17) is 0 Å². The molecule has 2 heterocycles. The fraction of sp³-hybridized carbons (Fsp3) is 0.211. The van der Waals surface area contributed by atoms with Crippen LogP contribution < -0.4 is 10.1 Å². The first-order chi connectivity index (χ1) is 13.6. The smallest absolute Gasteiger partial charge is 0.406 e. The Morgan fingerprint density at radius 3 is 2.55 bits per heavy atom. The highest BCUT2D eigenvalue weighted by atomic mass is 19.4. The minimum absolute atomic E-state index is 0.194. The van der Waals surface area contributed by atoms with Crippen molar-refractivity contribution in [2.24, 2.45) is 0 Å². The molecule has 2 amide bonds. The van der Waals surface area contributed by atoms with Gasteiger partial charge in [0.1, 0.15) is 17.1 Å². The fourth-order valence-corrected chi connectivity index (χ4v) is 2.61. The van der Waals surface area contributed by atoms with Gasteiger partial charge in [-0.15, -0.1) is 13.2 Å². The van der Waals surface area contributed by atoms with Crippen molar-refractivity contribution in [2.75, 3.05) is 18.9 Å². The number of nitrogens with one attached hydrogen (secondary N) is 1. The van der Waals surface area contributed by atoms with E-state index in [1.165, 1.54) is 24.1 Å². The number of pyridine rings is 1. The molecule has 0 atom stereocenters. The molecular formula is C19H17F3N4O3. The number of carbonyl (C=O) groups excluding carboxylic acids is 2. The zero-order chi connectivity index (χ0) is 21.2. The van der Waals surface area contributed by atoms with Gasteiger partial charge in [-0.05, 0) is 48.9 Å². The van der Waals surface area contributed by atoms with Crippen molar-refractivity contribution in [1.29, 1.82) is 0 Å². The van der Waals surface area contributed by atoms with Gasteiger partial charge in [0.25, 0.3) is 5.91 Å². The third-order valence-corrected chi connectivity index (χ3v) is 3.93. The van der Waals surface area contributed by atoms with Crippen molar-refractivity contribution in [1.82, 2.24) is 14.3 Å². The summed E-state index contributed by atoms with van der Waals surface area (Å²) in [5.41, 5.74) is 2.09. The molecule has 152 valence electrons. The number of aromatic nitrogens is 2. The summed E-state index contributed by atoms with van der Waals surface area (Å²) in [6, 6.07) is 8.41. The summed E-state index contributed by atoms with van der Waals surface area (Å²) in [5, 5.41) is 2.51. The van der Waals surface area contributed by atoms with Crippen LogP contribution in [0.5, 0.6) is 5.75 Å². The number of hydrogen-bond acceptors (Lipinski definition) is 4. The average molecular weight is 406 g/mol. The largest absolute Gasteiger partial charge is 0.573 e. The Hall–Kier alpha value is -3.56. The van der Waals surface area contributed by atoms with Gasteiger partial charge in [0, 0.05) is 25.1 Å². The lowest BCUT2D eigenvalue weighted by atomic mass is 10.3. The van der Waals surface area contributed by atoms with Gasteiger partial charge in [-0.25, -0.2) is 4.98 Å². The third kappa shape index (κ3) is 5.24. The molecule has 0 saturated carbocycles. The first-order valence-corrected chi connectivity index (χ1v) is 8.47. The second kappa shape index (κ2) is 7.82. The van der Waals surface area contributed by atoms with E-state index in [2.05, 4.69) is 15.0 Å². The number of likely N-dealkylation sites (N-methyl/N-ethyl adjacent to an activating group) is 1. The summed E-state index contributed by atoms with van der Waals surface area (Å²) >= 11 is 0. The first kappa shape index (κ1) is 20.2. The normalized spacial score (nSPS) is 11.3. The predicted molar refractivity (Wildman–Crippen MR) is 98.6 cm³/mol. The molecule has 0 saturated heterocycles. The number of amides is 2. The highest BCUT2D eigenvalue weighted by Crippen LogP contribution is 2.23. The monoisotopic (exact) mass is 406 g/mol. The number of nitrogens with zero attached hydrogens (tertiary/aromatic N) is 3. The van der Waals surface area contributed by atoms with Crippen LogP contribution in [-0.2, 0) is 4.79 Å². The zero-order valence-corrected chi connectivity index (χ0v) is 15.5. The van der Waals surface area contributed by atoms with Crippen LogP contribution >= 0.6 is 0 Å². The van der Waals surface area contributed by atoms with Crippen LogP contribution in [0.3, 0.4) is 0 Å². The number of rotatable bonds is 5. The zero-order valence-electron chi connectivity index (χ0n) is 15.5. The summed E-state index contributed by atoms with van der Waals surface area (Å²) in [6.45, 7) is 1.65. The minimum Gasteiger partial charge on any atom is -0.406 e. The maximum absolute atomic E-state index is 12.5. The molecule has 0 spiro atoms. The van der Waals surface area contributed by atoms with Crippen molar-refractivity contribution in [3.63, 3.8) is 0 Å². The van der Waals surface area contributed by atoms with Crippen LogP contribution in [0.2, 0.25) is 0 Å². The fourth-order valence-electron chi connectivity index (χ4n) is 2.61. The van der Waals surface area contributed by atoms with Crippen LogP contribution in [0.1, 0.15) is 16.1 Å². The van der Waals surface area contributed by atoms with E-state index in [1.807, 2.05) is 19.1 Å². The van der Waals surface area contributed by atoms with Gasteiger partial charge in [0.2, 0.25) is 5.91 Å². The molecule has 2 aromatic heterocycles. The Morgan fingerprint density at radius 2 is 1.90 bits per heavy atom. The Balaban J connectivity index is 1.60. The van der Waals surface area contributed by atoms with Crippen molar-refractivity contribution in [3.8, 4) is 5.75 Å². The van der Waals surface area contributed by atoms with Crippen LogP contribution in [-0.4, -0.2) is 46.1 Å². The number of imidazole rings is 1. The number of ether oxygens (including phenoxy) is 1. The number of carbonyl (C=O) groups is 2. The van der Waals surface area contributed by atoms with E-state index >= 15 is 0 Å². The van der Waals surface area contributed by atoms with Crippen LogP contribution in [0.25, 0.3) is 5.65 Å². The van der Waals surface area contributed by atoms with Gasteiger partial charge in [0.05, 0.1) is 6.54 Å². The van der Waals surface area contributed by atoms with E-state index in [-0.39, 0.29) is 17.9 Å². The molecule has 3 aromatic rings. The van der Waals surface area contributed by atoms with E-state index in [0.717, 1.165) is 17.7 Å². The number of alkyl halides is 3. The lowest BCUT2D eigenvalue weighted by Gasteiger charge is -2.15. The molecule has 0 bridgehead atoms. The van der Waals surface area contributed by atoms with E-state index in [0.29, 0.717) is 5.65 Å². The summed E-state index contributed by atoms with van der Waals surface area (Å²) in [5.74, 6) is -1.34. The number of fused-ring (bicyclic) bond motifs is 1. The van der Waals surface area contributed by atoms with Gasteiger partial charge in [-0.3, -0.25) is 9.59 Å². The molecular weight excluding hydrogens is 389 g/mol. The summed E-state index contributed by atoms with van der Waals surface area (Å²) in [7, 11) is 1.46. The van der Waals surface area contributed by atoms with Crippen molar-refractivity contribution in [3.05, 3.63) is 60.0 Å². The first-order valence-electron chi connectivity index (χ1n) is 8.47. The third-order valence-electron chi connectivity index (χ3n) is 3.93. The van der Waals surface area contributed by atoms with Crippen molar-refractivity contribution >= 4 is 23.1 Å². The molecule has 1 aromatic carbocycles. The maximum Gasteiger partial charge on any atom is 0.573 e. The van der Waals surface area contributed by atoms with Crippen molar-refractivity contribution in [2.45, 2.75) is 13.3 Å². The number of hydrogen-bond donors (Lipinski definition) is 1. The van der Waals surface area contributed by atoms with Gasteiger partial charge in [0.15, 0.2) is 0 Å². The molecule has 3 rings (SSSR count). The lowest BCUT2D eigenvalue weighted by Crippen LogP contribution is -2.35. The predicted octanol–water partition coefficient (Wildman–Crippen LogP) is 3.25. The van der Waals surface area contributed by atoms with E-state index in [9.17, 15) is 22.8 Å². The molecule has 0 fully saturated rings. The van der Waals surface area contributed by atoms with Crippen LogP contribution in [0.4, 0.5) is 18.9 Å². The highest BCUT2D eigenvalue weighted by Gasteiger charge is 2.31. The molecule has 7 nitrogen and oxygen atoms in total. The molecule has 10 heteroatoms. The second-order valence-corrected chi connectivity index (χ2v) is 6.38. The molecule has 0 aliphatic rings. The minimum atomic E-state index is -4.79. The topological polar surface area (TPSA) is 75.9 Å². The SMILES string of the molecule is Cc1ccn2cc(C(=O)N(C)CC(=O)Nc3ccc(OC(F)(F)F)cc3)nc2c1. The number of benzene rings is 1. The Bertz CT molecular complexity index is 1050. The maximum atomic E-state index is 12.5. The van der Waals surface area contributed by atoms with Crippen LogP contribution in [0, 0.1) is 6.92 Å². The summed E-state index contributed by atoms with van der Waals surface area (Å²) in [6.07, 6.45) is -1.43. The van der Waals surface area contributed by atoms with Crippen molar-refractivity contribution < 1.29 is 27.5 Å². The molecule has 0 aliphatic heterocycles. The molecule has 0 aliphatic carbocycles. The lowest BCUT2D eigenvalue weighted by molar-refractivity contribution is -0.274. The average Bonchev–Trinajstić information content (AvgIpc) is 3.04. The highest BCUT2D eigenvalue weighted by molar-refractivity contribution is 5.98. The second-order valence-electron chi connectivity index (χ2n) is 6.38. The van der Waals surface area contributed by atoms with Gasteiger partial charge >= 0.3 is 6.36 Å². The number of halogens is 3. The Labute approximate surface area is 163 Å². The molecule has 0 unspecified atom stereocenters. The van der Waals surface area contributed by atoms with Gasteiger partial charge in [-0.2, -0.15) is 0 Å². The molecule has 29 heavy (non-hydrogen) atoms. The van der Waals surface area contributed by atoms with Gasteiger partial charge < -0.3 is 19.4 Å². The van der Waals surface area contributed by atoms with E-state index in [1.54, 1.807) is 16.8 Å². The summed E-state index contributed by atoms with van der Waals surface area (Å²) in [4.78, 5) is 30.1. The molecule has 0 radical (unpaired) electrons. The van der Waals surface area contributed by atoms with E-state index < -0.39 is 23.9 Å². The molecule has 1 N–H and O–H groups in total. The summed E-state index contributed by atoms with van der Waals surface area (Å²) < 4.78 is 42.0. The van der Waals surface area contributed by atoms with Gasteiger partial charge in [-0.1, -0.05) is 0 Å². The Morgan fingerprint density at radius 1 is 1.21 bits per heavy atom. The number of aryl methyl sites for hydroxylation is 1.